The number of ether oxygens (including phenoxy) is 2. The van der Waals surface area contributed by atoms with E-state index in [-0.39, 0.29) is 23.0 Å². The van der Waals surface area contributed by atoms with Gasteiger partial charge in [-0.3, -0.25) is 19.1 Å². The number of H-pyrrole nitrogens is 1. The van der Waals surface area contributed by atoms with Gasteiger partial charge in [0.25, 0.3) is 11.5 Å². The van der Waals surface area contributed by atoms with Crippen molar-refractivity contribution < 1.29 is 14.3 Å². The van der Waals surface area contributed by atoms with Crippen molar-refractivity contribution in [2.75, 3.05) is 33.0 Å². The van der Waals surface area contributed by atoms with Gasteiger partial charge in [0.1, 0.15) is 0 Å². The number of benzene rings is 3. The van der Waals surface area contributed by atoms with E-state index in [1.165, 1.54) is 4.57 Å². The van der Waals surface area contributed by atoms with E-state index in [2.05, 4.69) is 9.88 Å². The van der Waals surface area contributed by atoms with Gasteiger partial charge in [0, 0.05) is 43.3 Å². The fraction of sp³-hybridized carbons (Fsp3) is 0.222. The van der Waals surface area contributed by atoms with Gasteiger partial charge in [0.15, 0.2) is 16.3 Å². The Bertz CT molecular complexity index is 1640. The summed E-state index contributed by atoms with van der Waals surface area (Å²) in [7, 11) is 0. The molecule has 0 spiro atoms. The molecule has 37 heavy (non-hydrogen) atoms. The lowest BCUT2D eigenvalue weighted by atomic mass is 10.1. The lowest BCUT2D eigenvalue weighted by Crippen LogP contribution is -2.48. The summed E-state index contributed by atoms with van der Waals surface area (Å²) < 4.78 is 12.5. The van der Waals surface area contributed by atoms with Crippen LogP contribution >= 0.6 is 23.8 Å². The number of fused-ring (bicyclic) bond motifs is 2. The first kappa shape index (κ1) is 23.7. The van der Waals surface area contributed by atoms with Crippen LogP contribution in [0, 0.1) is 4.77 Å². The molecule has 0 bridgehead atoms. The number of rotatable bonds is 4. The Hall–Kier alpha value is -3.66. The molecule has 1 fully saturated rings. The molecule has 0 unspecified atom stereocenters. The van der Waals surface area contributed by atoms with Crippen molar-refractivity contribution in [2.24, 2.45) is 0 Å². The van der Waals surface area contributed by atoms with Crippen LogP contribution in [0.25, 0.3) is 16.6 Å². The molecule has 10 heteroatoms. The quantitative estimate of drug-likeness (QED) is 0.391. The standard InChI is InChI=1S/C27H23ClN4O4S/c28-19-5-6-21-22(14-19)29-27(37)32(26(21)34)20-3-1-2-18(13-20)25(33)31-10-8-30(9-11-31)15-17-4-7-23-24(12-17)36-16-35-23/h1-7,12-14H,8-11,15-16H2,(H,29,37). The van der Waals surface area contributed by atoms with E-state index in [0.29, 0.717) is 40.3 Å². The van der Waals surface area contributed by atoms with Crippen molar-refractivity contribution in [1.29, 1.82) is 0 Å². The van der Waals surface area contributed by atoms with Crippen LogP contribution < -0.4 is 15.0 Å². The highest BCUT2D eigenvalue weighted by molar-refractivity contribution is 7.71. The third-order valence-electron chi connectivity index (χ3n) is 6.71. The fourth-order valence-corrected chi connectivity index (χ4v) is 5.26. The molecule has 1 amide bonds. The molecule has 0 radical (unpaired) electrons. The molecule has 3 aromatic carbocycles. The Balaban J connectivity index is 1.17. The van der Waals surface area contributed by atoms with Crippen LogP contribution in [0.5, 0.6) is 11.5 Å². The number of hydrogen-bond acceptors (Lipinski definition) is 6. The molecular formula is C27H23ClN4O4S. The van der Waals surface area contributed by atoms with Gasteiger partial charge in [-0.05, 0) is 66.3 Å². The molecule has 3 heterocycles. The summed E-state index contributed by atoms with van der Waals surface area (Å²) >= 11 is 11.5. The van der Waals surface area contributed by atoms with Crippen LogP contribution in [0.1, 0.15) is 15.9 Å². The first-order valence-electron chi connectivity index (χ1n) is 11.9. The summed E-state index contributed by atoms with van der Waals surface area (Å²) in [6, 6.07) is 18.0. The summed E-state index contributed by atoms with van der Waals surface area (Å²) in [5, 5.41) is 0.979. The molecule has 2 aliphatic heterocycles. The molecule has 0 aliphatic carbocycles. The molecule has 2 aliphatic rings. The molecule has 188 valence electrons. The van der Waals surface area contributed by atoms with Crippen LogP contribution in [0.3, 0.4) is 0 Å². The summed E-state index contributed by atoms with van der Waals surface area (Å²) in [5.74, 6) is 1.48. The van der Waals surface area contributed by atoms with Gasteiger partial charge in [0.2, 0.25) is 6.79 Å². The SMILES string of the molecule is O=C(c1cccc(-n2c(=S)[nH]c3cc(Cl)ccc3c2=O)c1)N1CCN(Cc2ccc3c(c2)OCO3)CC1. The van der Waals surface area contributed by atoms with Crippen LogP contribution in [-0.2, 0) is 6.54 Å². The second kappa shape index (κ2) is 9.66. The van der Waals surface area contributed by atoms with Crippen molar-refractivity contribution >= 4 is 40.6 Å². The Labute approximate surface area is 222 Å². The number of carbonyl (C=O) groups is 1. The number of piperazine rings is 1. The van der Waals surface area contributed by atoms with Crippen molar-refractivity contribution in [3.63, 3.8) is 0 Å². The van der Waals surface area contributed by atoms with Gasteiger partial charge >= 0.3 is 0 Å². The van der Waals surface area contributed by atoms with Gasteiger partial charge in [-0.2, -0.15) is 0 Å². The number of nitrogens with one attached hydrogen (secondary N) is 1. The zero-order valence-electron chi connectivity index (χ0n) is 19.8. The third kappa shape index (κ3) is 4.61. The first-order valence-corrected chi connectivity index (χ1v) is 12.7. The fourth-order valence-electron chi connectivity index (χ4n) is 4.79. The highest BCUT2D eigenvalue weighted by Crippen LogP contribution is 2.33. The maximum absolute atomic E-state index is 13.3. The van der Waals surface area contributed by atoms with E-state index in [1.54, 1.807) is 42.5 Å². The molecule has 1 N–H and O–H groups in total. The second-order valence-electron chi connectivity index (χ2n) is 9.07. The number of halogens is 1. The average molecular weight is 535 g/mol. The van der Waals surface area contributed by atoms with Crippen molar-refractivity contribution in [2.45, 2.75) is 6.54 Å². The van der Waals surface area contributed by atoms with E-state index in [0.717, 1.165) is 36.7 Å². The summed E-state index contributed by atoms with van der Waals surface area (Å²) in [4.78, 5) is 33.8. The normalized spacial score (nSPS) is 15.3. The molecule has 4 aromatic rings. The molecule has 0 atom stereocenters. The Morgan fingerprint density at radius 3 is 2.62 bits per heavy atom. The Morgan fingerprint density at radius 1 is 0.973 bits per heavy atom. The van der Waals surface area contributed by atoms with E-state index < -0.39 is 0 Å². The van der Waals surface area contributed by atoms with E-state index in [9.17, 15) is 9.59 Å². The van der Waals surface area contributed by atoms with Gasteiger partial charge in [-0.25, -0.2) is 0 Å². The van der Waals surface area contributed by atoms with E-state index >= 15 is 0 Å². The predicted octanol–water partition coefficient (Wildman–Crippen LogP) is 4.39. The monoisotopic (exact) mass is 534 g/mol. The minimum atomic E-state index is -0.267. The minimum Gasteiger partial charge on any atom is -0.454 e. The number of aromatic amines is 1. The summed E-state index contributed by atoms with van der Waals surface area (Å²) in [6.45, 7) is 3.80. The lowest BCUT2D eigenvalue weighted by Gasteiger charge is -2.34. The number of amides is 1. The van der Waals surface area contributed by atoms with E-state index in [4.69, 9.17) is 33.3 Å². The second-order valence-corrected chi connectivity index (χ2v) is 9.89. The molecule has 0 saturated carbocycles. The van der Waals surface area contributed by atoms with Crippen molar-refractivity contribution in [3.05, 3.63) is 91.9 Å². The largest absolute Gasteiger partial charge is 0.454 e. The molecule has 6 rings (SSSR count). The molecular weight excluding hydrogens is 512 g/mol. The van der Waals surface area contributed by atoms with Crippen LogP contribution in [0.2, 0.25) is 5.02 Å². The summed E-state index contributed by atoms with van der Waals surface area (Å²) in [6.07, 6.45) is 0. The zero-order chi connectivity index (χ0) is 25.5. The zero-order valence-corrected chi connectivity index (χ0v) is 21.3. The number of carbonyl (C=O) groups excluding carboxylic acids is 1. The summed E-state index contributed by atoms with van der Waals surface area (Å²) in [5.41, 5.74) is 2.51. The van der Waals surface area contributed by atoms with Gasteiger partial charge in [-0.1, -0.05) is 23.7 Å². The number of nitrogens with zero attached hydrogens (tertiary/aromatic N) is 3. The van der Waals surface area contributed by atoms with Crippen molar-refractivity contribution in [1.82, 2.24) is 19.4 Å². The van der Waals surface area contributed by atoms with Crippen LogP contribution in [0.4, 0.5) is 0 Å². The highest BCUT2D eigenvalue weighted by atomic mass is 35.5. The maximum Gasteiger partial charge on any atom is 0.266 e. The van der Waals surface area contributed by atoms with Gasteiger partial charge in [0.05, 0.1) is 16.6 Å². The van der Waals surface area contributed by atoms with Gasteiger partial charge < -0.3 is 19.4 Å². The Kier molecular flexibility index (Phi) is 6.19. The number of aromatic nitrogens is 2. The molecule has 1 aromatic heterocycles. The molecule has 8 nitrogen and oxygen atoms in total. The smallest absolute Gasteiger partial charge is 0.266 e. The van der Waals surface area contributed by atoms with Crippen LogP contribution in [-0.4, -0.2) is 58.2 Å². The topological polar surface area (TPSA) is 79.8 Å². The number of hydrogen-bond donors (Lipinski definition) is 1. The van der Waals surface area contributed by atoms with Gasteiger partial charge in [-0.15, -0.1) is 0 Å². The maximum atomic E-state index is 13.3. The van der Waals surface area contributed by atoms with Crippen LogP contribution in [0.15, 0.2) is 65.5 Å². The predicted molar refractivity (Wildman–Crippen MR) is 143 cm³/mol. The Morgan fingerprint density at radius 2 is 1.78 bits per heavy atom. The highest BCUT2D eigenvalue weighted by Gasteiger charge is 2.23. The minimum absolute atomic E-state index is 0.0694. The van der Waals surface area contributed by atoms with E-state index in [1.807, 2.05) is 23.1 Å². The average Bonchev–Trinajstić information content (AvgIpc) is 3.37. The van der Waals surface area contributed by atoms with Crippen molar-refractivity contribution in [3.8, 4) is 17.2 Å². The third-order valence-corrected chi connectivity index (χ3v) is 7.23. The molecule has 1 saturated heterocycles. The first-order chi connectivity index (χ1) is 18.0. The lowest BCUT2D eigenvalue weighted by molar-refractivity contribution is 0.0628.